The summed E-state index contributed by atoms with van der Waals surface area (Å²) in [6.45, 7) is 26.8. The van der Waals surface area contributed by atoms with Crippen molar-refractivity contribution in [3.8, 4) is 11.5 Å². The van der Waals surface area contributed by atoms with Crippen LogP contribution in [0.25, 0.3) is 0 Å². The van der Waals surface area contributed by atoms with Crippen LogP contribution in [0.1, 0.15) is 116 Å². The molecule has 4 nitrogen and oxygen atoms in total. The fraction of sp³-hybridized carbons (Fsp3) is 0.625. The van der Waals surface area contributed by atoms with E-state index in [1.54, 1.807) is 0 Å². The highest BCUT2D eigenvalue weighted by molar-refractivity contribution is 5.51. The van der Waals surface area contributed by atoms with E-state index in [4.69, 9.17) is 11.5 Å². The second kappa shape index (κ2) is 11.6. The van der Waals surface area contributed by atoms with Crippen LogP contribution in [0.2, 0.25) is 0 Å². The van der Waals surface area contributed by atoms with Crippen LogP contribution in [-0.2, 0) is 34.5 Å². The molecule has 2 aromatic carbocycles. The highest BCUT2D eigenvalue weighted by Gasteiger charge is 2.27. The largest absolute Gasteiger partial charge is 0.507 e. The third-order valence-corrected chi connectivity index (χ3v) is 6.44. The Kier molecular flexibility index (Phi) is 10.3. The number of nitrogens with two attached hydrogens (primary N) is 2. The van der Waals surface area contributed by atoms with E-state index in [0.29, 0.717) is 24.6 Å². The molecule has 4 heteroatoms. The molecule has 0 amide bonds. The summed E-state index contributed by atoms with van der Waals surface area (Å²) in [5.41, 5.74) is 17.5. The van der Waals surface area contributed by atoms with Crippen molar-refractivity contribution in [2.24, 2.45) is 11.5 Å². The number of rotatable bonds is 4. The quantitative estimate of drug-likeness (QED) is 0.366. The smallest absolute Gasteiger partial charge is 0.123 e. The molecule has 2 aromatic rings. The topological polar surface area (TPSA) is 92.5 Å². The van der Waals surface area contributed by atoms with Crippen molar-refractivity contribution in [3.63, 3.8) is 0 Å². The summed E-state index contributed by atoms with van der Waals surface area (Å²) in [6, 6.07) is 8.38. The minimum Gasteiger partial charge on any atom is -0.507 e. The van der Waals surface area contributed by atoms with Crippen LogP contribution < -0.4 is 11.5 Å². The second-order valence-corrected chi connectivity index (χ2v) is 14.2. The van der Waals surface area contributed by atoms with Gasteiger partial charge in [-0.15, -0.1) is 0 Å². The van der Waals surface area contributed by atoms with Crippen LogP contribution in [-0.4, -0.2) is 23.3 Å². The number of benzene rings is 2. The number of aromatic hydroxyl groups is 2. The maximum absolute atomic E-state index is 10.5. The fourth-order valence-electron chi connectivity index (χ4n) is 4.30. The number of phenols is 2. The van der Waals surface area contributed by atoms with Crippen molar-refractivity contribution in [3.05, 3.63) is 57.6 Å². The van der Waals surface area contributed by atoms with Gasteiger partial charge in [-0.1, -0.05) is 107 Å². The Morgan fingerprint density at radius 1 is 0.472 bits per heavy atom. The molecule has 0 aliphatic heterocycles. The third-order valence-electron chi connectivity index (χ3n) is 6.44. The van der Waals surface area contributed by atoms with Crippen molar-refractivity contribution < 1.29 is 10.2 Å². The molecule has 0 aromatic heterocycles. The van der Waals surface area contributed by atoms with Crippen LogP contribution in [0.4, 0.5) is 0 Å². The average molecular weight is 499 g/mol. The van der Waals surface area contributed by atoms with Gasteiger partial charge in [0.15, 0.2) is 0 Å². The first-order valence-corrected chi connectivity index (χ1v) is 13.3. The SMILES string of the molecule is CC(C)(C)c1cc(CCN)cc(C(C)(C)C)c1O.CC(C)(C)c1cc(CCN)cc(C(C)(C)C)c1O. The maximum atomic E-state index is 10.5. The van der Waals surface area contributed by atoms with E-state index < -0.39 is 0 Å². The summed E-state index contributed by atoms with van der Waals surface area (Å²) in [7, 11) is 0. The minimum absolute atomic E-state index is 0.0608. The van der Waals surface area contributed by atoms with E-state index in [1.165, 1.54) is 11.1 Å². The normalized spacial score (nSPS) is 12.8. The summed E-state index contributed by atoms with van der Waals surface area (Å²) in [6.07, 6.45) is 1.71. The molecule has 0 fully saturated rings. The molecule has 0 aliphatic carbocycles. The Hall–Kier alpha value is -2.04. The molecule has 0 saturated heterocycles. The first-order chi connectivity index (χ1) is 16.1. The van der Waals surface area contributed by atoms with Crippen LogP contribution in [0.3, 0.4) is 0 Å². The van der Waals surface area contributed by atoms with Gasteiger partial charge in [-0.25, -0.2) is 0 Å². The lowest BCUT2D eigenvalue weighted by atomic mass is 9.78. The van der Waals surface area contributed by atoms with E-state index in [0.717, 1.165) is 35.1 Å². The van der Waals surface area contributed by atoms with Crippen molar-refractivity contribution in [2.75, 3.05) is 13.1 Å². The second-order valence-electron chi connectivity index (χ2n) is 14.2. The average Bonchev–Trinajstić information content (AvgIpc) is 2.68. The zero-order valence-corrected chi connectivity index (χ0v) is 25.2. The van der Waals surface area contributed by atoms with Crippen molar-refractivity contribution >= 4 is 0 Å². The molecule has 0 saturated carbocycles. The lowest BCUT2D eigenvalue weighted by molar-refractivity contribution is 0.422. The summed E-state index contributed by atoms with van der Waals surface area (Å²) < 4.78 is 0. The maximum Gasteiger partial charge on any atom is 0.123 e. The lowest BCUT2D eigenvalue weighted by Gasteiger charge is -2.28. The Bertz CT molecular complexity index is 857. The molecule has 0 bridgehead atoms. The highest BCUT2D eigenvalue weighted by Crippen LogP contribution is 2.41. The molecule has 204 valence electrons. The zero-order valence-electron chi connectivity index (χ0n) is 25.2. The molecular formula is C32H54N2O2. The van der Waals surface area contributed by atoms with Crippen molar-refractivity contribution in [1.29, 1.82) is 0 Å². The van der Waals surface area contributed by atoms with Gasteiger partial charge < -0.3 is 21.7 Å². The zero-order chi connectivity index (χ0) is 28.3. The molecular weight excluding hydrogens is 444 g/mol. The molecule has 0 atom stereocenters. The molecule has 2 rings (SSSR count). The van der Waals surface area contributed by atoms with Gasteiger partial charge in [-0.05, 0) is 81.0 Å². The van der Waals surface area contributed by atoms with Crippen LogP contribution >= 0.6 is 0 Å². The van der Waals surface area contributed by atoms with E-state index >= 15 is 0 Å². The number of hydrogen-bond donors (Lipinski definition) is 4. The molecule has 36 heavy (non-hydrogen) atoms. The van der Waals surface area contributed by atoms with E-state index in [-0.39, 0.29) is 21.7 Å². The van der Waals surface area contributed by atoms with Gasteiger partial charge in [-0.3, -0.25) is 0 Å². The van der Waals surface area contributed by atoms with Crippen molar-refractivity contribution in [2.45, 2.75) is 118 Å². The van der Waals surface area contributed by atoms with Gasteiger partial charge in [0, 0.05) is 0 Å². The van der Waals surface area contributed by atoms with Crippen LogP contribution in [0, 0.1) is 0 Å². The molecule has 0 heterocycles. The van der Waals surface area contributed by atoms with Gasteiger partial charge in [-0.2, -0.15) is 0 Å². The Labute approximate surface area is 221 Å². The molecule has 6 N–H and O–H groups in total. The molecule has 0 spiro atoms. The Morgan fingerprint density at radius 2 is 0.667 bits per heavy atom. The van der Waals surface area contributed by atoms with Crippen LogP contribution in [0.15, 0.2) is 24.3 Å². The highest BCUT2D eigenvalue weighted by atomic mass is 16.3. The number of hydrogen-bond acceptors (Lipinski definition) is 4. The lowest BCUT2D eigenvalue weighted by Crippen LogP contribution is -2.18. The monoisotopic (exact) mass is 498 g/mol. The van der Waals surface area contributed by atoms with Crippen LogP contribution in [0.5, 0.6) is 11.5 Å². The minimum atomic E-state index is -0.0608. The molecule has 0 unspecified atom stereocenters. The summed E-state index contributed by atoms with van der Waals surface area (Å²) in [4.78, 5) is 0. The van der Waals surface area contributed by atoms with E-state index in [2.05, 4.69) is 107 Å². The predicted octanol–water partition coefficient (Wildman–Crippen LogP) is 6.98. The van der Waals surface area contributed by atoms with Gasteiger partial charge in [0.1, 0.15) is 11.5 Å². The predicted molar refractivity (Wildman–Crippen MR) is 157 cm³/mol. The first-order valence-electron chi connectivity index (χ1n) is 13.3. The van der Waals surface area contributed by atoms with Gasteiger partial charge in [0.05, 0.1) is 0 Å². The number of phenolic OH excluding ortho intramolecular Hbond substituents is 2. The van der Waals surface area contributed by atoms with E-state index in [9.17, 15) is 10.2 Å². The summed E-state index contributed by atoms with van der Waals surface area (Å²) >= 11 is 0. The Balaban J connectivity index is 0.000000360. The first kappa shape index (κ1) is 32.0. The van der Waals surface area contributed by atoms with E-state index in [1.807, 2.05) is 0 Å². The molecule has 0 radical (unpaired) electrons. The Morgan fingerprint density at radius 3 is 0.806 bits per heavy atom. The van der Waals surface area contributed by atoms with Gasteiger partial charge >= 0.3 is 0 Å². The van der Waals surface area contributed by atoms with Crippen molar-refractivity contribution in [1.82, 2.24) is 0 Å². The summed E-state index contributed by atoms with van der Waals surface area (Å²) in [5, 5.41) is 21.0. The van der Waals surface area contributed by atoms with Gasteiger partial charge in [0.2, 0.25) is 0 Å². The standard InChI is InChI=1S/2C16H27NO/c2*1-15(2,3)12-9-11(7-8-17)10-13(14(12)18)16(4,5)6/h2*9-10,18H,7-8,17H2,1-6H3. The summed E-state index contributed by atoms with van der Waals surface area (Å²) in [5.74, 6) is 0.881. The fourth-order valence-corrected chi connectivity index (χ4v) is 4.30. The molecule has 0 aliphatic rings. The third kappa shape index (κ3) is 8.52. The van der Waals surface area contributed by atoms with Gasteiger partial charge in [0.25, 0.3) is 0 Å².